The third kappa shape index (κ3) is 3.09. The molecule has 0 N–H and O–H groups in total. The minimum atomic E-state index is 0.625. The first-order valence-corrected chi connectivity index (χ1v) is 5.92. The van der Waals surface area contributed by atoms with Gasteiger partial charge in [0.1, 0.15) is 6.29 Å². The largest absolute Gasteiger partial charge is 0.298 e. The third-order valence-electron chi connectivity index (χ3n) is 2.50. The fourth-order valence-electron chi connectivity index (χ4n) is 1.66. The molecule has 0 fully saturated rings. The van der Waals surface area contributed by atoms with E-state index in [0.29, 0.717) is 22.0 Å². The summed E-state index contributed by atoms with van der Waals surface area (Å²) in [6, 6.07) is 12.9. The van der Waals surface area contributed by atoms with Crippen LogP contribution in [0, 0.1) is 0 Å². The van der Waals surface area contributed by atoms with Crippen LogP contribution in [0.5, 0.6) is 0 Å². The summed E-state index contributed by atoms with van der Waals surface area (Å²) < 4.78 is 0. The molecule has 17 heavy (non-hydrogen) atoms. The summed E-state index contributed by atoms with van der Waals surface area (Å²) in [7, 11) is 0. The van der Waals surface area contributed by atoms with Crippen molar-refractivity contribution in [1.82, 2.24) is 0 Å². The number of rotatable bonds is 3. The second kappa shape index (κ2) is 5.35. The molecule has 0 spiro atoms. The SMILES string of the molecule is O=Cc1cccc(Cc2ccc(Cl)cc2Cl)c1. The molecule has 3 heteroatoms. The predicted octanol–water partition coefficient (Wildman–Crippen LogP) is 4.40. The summed E-state index contributed by atoms with van der Waals surface area (Å²) >= 11 is 11.9. The summed E-state index contributed by atoms with van der Waals surface area (Å²) in [5, 5.41) is 1.27. The first-order valence-electron chi connectivity index (χ1n) is 5.17. The van der Waals surface area contributed by atoms with Gasteiger partial charge >= 0.3 is 0 Å². The Kier molecular flexibility index (Phi) is 3.82. The number of hydrogen-bond acceptors (Lipinski definition) is 1. The number of carbonyl (C=O) groups is 1. The van der Waals surface area contributed by atoms with E-state index in [2.05, 4.69) is 0 Å². The van der Waals surface area contributed by atoms with Gasteiger partial charge in [0.15, 0.2) is 0 Å². The molecule has 0 atom stereocenters. The Morgan fingerprint density at radius 3 is 2.59 bits per heavy atom. The van der Waals surface area contributed by atoms with Crippen molar-refractivity contribution in [3.63, 3.8) is 0 Å². The van der Waals surface area contributed by atoms with Gasteiger partial charge in [-0.15, -0.1) is 0 Å². The lowest BCUT2D eigenvalue weighted by molar-refractivity contribution is 0.112. The van der Waals surface area contributed by atoms with Crippen molar-refractivity contribution in [2.24, 2.45) is 0 Å². The van der Waals surface area contributed by atoms with Crippen LogP contribution < -0.4 is 0 Å². The second-order valence-electron chi connectivity index (χ2n) is 3.78. The first-order chi connectivity index (χ1) is 8.19. The predicted molar refractivity (Wildman–Crippen MR) is 71.1 cm³/mol. The molecule has 0 bridgehead atoms. The normalized spacial score (nSPS) is 10.2. The first kappa shape index (κ1) is 12.2. The quantitative estimate of drug-likeness (QED) is 0.752. The number of benzene rings is 2. The highest BCUT2D eigenvalue weighted by Crippen LogP contribution is 2.23. The highest BCUT2D eigenvalue weighted by molar-refractivity contribution is 6.35. The molecule has 0 saturated carbocycles. The van der Waals surface area contributed by atoms with E-state index in [-0.39, 0.29) is 0 Å². The van der Waals surface area contributed by atoms with Crippen LogP contribution in [-0.4, -0.2) is 6.29 Å². The minimum Gasteiger partial charge on any atom is -0.298 e. The van der Waals surface area contributed by atoms with E-state index < -0.39 is 0 Å². The molecule has 0 aromatic heterocycles. The maximum atomic E-state index is 10.7. The molecule has 0 aliphatic rings. The molecule has 0 aliphatic carbocycles. The smallest absolute Gasteiger partial charge is 0.150 e. The zero-order chi connectivity index (χ0) is 12.3. The standard InChI is InChI=1S/C14H10Cl2O/c15-13-5-4-12(14(16)8-13)7-10-2-1-3-11(6-10)9-17/h1-6,8-9H,7H2. The van der Waals surface area contributed by atoms with Crippen LogP contribution >= 0.6 is 23.2 Å². The lowest BCUT2D eigenvalue weighted by Crippen LogP contribution is -1.91. The average Bonchev–Trinajstić information content (AvgIpc) is 2.33. The summed E-state index contributed by atoms with van der Waals surface area (Å²) in [5.41, 5.74) is 2.73. The van der Waals surface area contributed by atoms with E-state index >= 15 is 0 Å². The summed E-state index contributed by atoms with van der Waals surface area (Å²) in [6.45, 7) is 0. The van der Waals surface area contributed by atoms with Gasteiger partial charge in [0.25, 0.3) is 0 Å². The van der Waals surface area contributed by atoms with Gasteiger partial charge < -0.3 is 0 Å². The third-order valence-corrected chi connectivity index (χ3v) is 3.08. The van der Waals surface area contributed by atoms with E-state index in [0.717, 1.165) is 17.4 Å². The molecule has 0 radical (unpaired) electrons. The Hall–Kier alpha value is -1.31. The van der Waals surface area contributed by atoms with Gasteiger partial charge in [-0.05, 0) is 35.7 Å². The van der Waals surface area contributed by atoms with Gasteiger partial charge in [-0.25, -0.2) is 0 Å². The molecular formula is C14H10Cl2O. The van der Waals surface area contributed by atoms with E-state index in [9.17, 15) is 4.79 Å². The maximum Gasteiger partial charge on any atom is 0.150 e. The molecular weight excluding hydrogens is 255 g/mol. The van der Waals surface area contributed by atoms with Gasteiger partial charge in [0.2, 0.25) is 0 Å². The zero-order valence-electron chi connectivity index (χ0n) is 8.99. The summed E-state index contributed by atoms with van der Waals surface area (Å²) in [6.07, 6.45) is 1.53. The van der Waals surface area contributed by atoms with E-state index in [1.54, 1.807) is 12.1 Å². The maximum absolute atomic E-state index is 10.7. The van der Waals surface area contributed by atoms with Gasteiger partial charge in [-0.2, -0.15) is 0 Å². The molecule has 0 heterocycles. The van der Waals surface area contributed by atoms with Crippen LogP contribution in [0.4, 0.5) is 0 Å². The van der Waals surface area contributed by atoms with Gasteiger partial charge in [0, 0.05) is 15.6 Å². The van der Waals surface area contributed by atoms with Crippen LogP contribution in [0.3, 0.4) is 0 Å². The number of aldehydes is 1. The second-order valence-corrected chi connectivity index (χ2v) is 4.62. The molecule has 2 aromatic carbocycles. The van der Waals surface area contributed by atoms with E-state index in [1.165, 1.54) is 0 Å². The highest BCUT2D eigenvalue weighted by atomic mass is 35.5. The number of hydrogen-bond donors (Lipinski definition) is 0. The van der Waals surface area contributed by atoms with Crippen LogP contribution in [0.2, 0.25) is 10.0 Å². The molecule has 2 aromatic rings. The summed E-state index contributed by atoms with van der Waals surface area (Å²) in [4.78, 5) is 10.7. The van der Waals surface area contributed by atoms with Crippen molar-refractivity contribution in [3.8, 4) is 0 Å². The lowest BCUT2D eigenvalue weighted by Gasteiger charge is -2.05. The minimum absolute atomic E-state index is 0.625. The van der Waals surface area contributed by atoms with Crippen LogP contribution in [0.25, 0.3) is 0 Å². The van der Waals surface area contributed by atoms with Crippen molar-refractivity contribution in [3.05, 3.63) is 69.2 Å². The molecule has 86 valence electrons. The van der Waals surface area contributed by atoms with Crippen molar-refractivity contribution < 1.29 is 4.79 Å². The number of halogens is 2. The Morgan fingerprint density at radius 1 is 1.06 bits per heavy atom. The Labute approximate surface area is 110 Å². The molecule has 0 saturated heterocycles. The van der Waals surface area contributed by atoms with Crippen LogP contribution in [0.1, 0.15) is 21.5 Å². The fraction of sp³-hybridized carbons (Fsp3) is 0.0714. The Bertz CT molecular complexity index is 550. The average molecular weight is 265 g/mol. The van der Waals surface area contributed by atoms with E-state index in [4.69, 9.17) is 23.2 Å². The molecule has 2 rings (SSSR count). The topological polar surface area (TPSA) is 17.1 Å². The Balaban J connectivity index is 2.27. The fourth-order valence-corrected chi connectivity index (χ4v) is 2.14. The molecule has 0 unspecified atom stereocenters. The summed E-state index contributed by atoms with van der Waals surface area (Å²) in [5.74, 6) is 0. The van der Waals surface area contributed by atoms with Crippen LogP contribution in [0.15, 0.2) is 42.5 Å². The van der Waals surface area contributed by atoms with Crippen molar-refractivity contribution in [1.29, 1.82) is 0 Å². The Morgan fingerprint density at radius 2 is 1.88 bits per heavy atom. The van der Waals surface area contributed by atoms with Gasteiger partial charge in [0.05, 0.1) is 0 Å². The number of carbonyl (C=O) groups excluding carboxylic acids is 1. The van der Waals surface area contributed by atoms with E-state index in [1.807, 2.05) is 30.3 Å². The monoisotopic (exact) mass is 264 g/mol. The van der Waals surface area contributed by atoms with Crippen molar-refractivity contribution in [2.75, 3.05) is 0 Å². The lowest BCUT2D eigenvalue weighted by atomic mass is 10.0. The van der Waals surface area contributed by atoms with Crippen molar-refractivity contribution >= 4 is 29.5 Å². The zero-order valence-corrected chi connectivity index (χ0v) is 10.5. The van der Waals surface area contributed by atoms with Crippen LogP contribution in [-0.2, 0) is 6.42 Å². The molecule has 0 amide bonds. The molecule has 1 nitrogen and oxygen atoms in total. The van der Waals surface area contributed by atoms with Gasteiger partial charge in [-0.3, -0.25) is 4.79 Å². The van der Waals surface area contributed by atoms with Crippen molar-refractivity contribution in [2.45, 2.75) is 6.42 Å². The van der Waals surface area contributed by atoms with Gasteiger partial charge in [-0.1, -0.05) is 47.5 Å². The highest BCUT2D eigenvalue weighted by Gasteiger charge is 2.03. The molecule has 0 aliphatic heterocycles.